The minimum Gasteiger partial charge on any atom is -0.267 e. The fraction of sp³-hybridized carbons (Fsp3) is 0. The number of halogens is 2. The van der Waals surface area contributed by atoms with Gasteiger partial charge in [-0.3, -0.25) is 4.79 Å². The third-order valence-electron chi connectivity index (χ3n) is 2.32. The molecular formula is C14H10BrClN2O. The Kier molecular flexibility index (Phi) is 4.71. The number of nitrogens with zero attached hydrogens (tertiary/aromatic N) is 1. The van der Waals surface area contributed by atoms with Crippen molar-refractivity contribution in [2.45, 2.75) is 0 Å². The highest BCUT2D eigenvalue weighted by Gasteiger charge is 2.03. The number of rotatable bonds is 3. The summed E-state index contributed by atoms with van der Waals surface area (Å²) in [5.74, 6) is -0.264. The topological polar surface area (TPSA) is 41.5 Å². The maximum Gasteiger partial charge on any atom is 0.271 e. The fourth-order valence-corrected chi connectivity index (χ4v) is 2.04. The first kappa shape index (κ1) is 13.8. The van der Waals surface area contributed by atoms with Crippen LogP contribution in [0.5, 0.6) is 0 Å². The molecular weight excluding hydrogens is 328 g/mol. The lowest BCUT2D eigenvalue weighted by Gasteiger charge is -2.00. The van der Waals surface area contributed by atoms with Gasteiger partial charge in [-0.15, -0.1) is 0 Å². The van der Waals surface area contributed by atoms with Crippen LogP contribution in [0.3, 0.4) is 0 Å². The zero-order valence-electron chi connectivity index (χ0n) is 9.81. The van der Waals surface area contributed by atoms with Gasteiger partial charge in [-0.05, 0) is 35.9 Å². The molecule has 5 heteroatoms. The summed E-state index contributed by atoms with van der Waals surface area (Å²) in [5.41, 5.74) is 3.82. The van der Waals surface area contributed by atoms with Gasteiger partial charge in [-0.1, -0.05) is 45.7 Å². The molecule has 0 bridgehead atoms. The summed E-state index contributed by atoms with van der Waals surface area (Å²) in [7, 11) is 0. The van der Waals surface area contributed by atoms with Gasteiger partial charge in [0.05, 0.1) is 6.21 Å². The lowest BCUT2D eigenvalue weighted by Crippen LogP contribution is -2.17. The Morgan fingerprint density at radius 3 is 2.74 bits per heavy atom. The minimum atomic E-state index is -0.264. The van der Waals surface area contributed by atoms with E-state index in [1.807, 2.05) is 18.2 Å². The second kappa shape index (κ2) is 6.50. The van der Waals surface area contributed by atoms with Gasteiger partial charge in [-0.2, -0.15) is 5.10 Å². The second-order valence-electron chi connectivity index (χ2n) is 3.76. The van der Waals surface area contributed by atoms with Crippen molar-refractivity contribution in [3.63, 3.8) is 0 Å². The predicted octanol–water partition coefficient (Wildman–Crippen LogP) is 3.87. The first-order valence-corrected chi connectivity index (χ1v) is 6.67. The average Bonchev–Trinajstić information content (AvgIpc) is 2.38. The molecule has 0 heterocycles. The highest BCUT2D eigenvalue weighted by molar-refractivity contribution is 9.10. The molecule has 0 spiro atoms. The van der Waals surface area contributed by atoms with Crippen LogP contribution in [0, 0.1) is 0 Å². The van der Waals surface area contributed by atoms with Crippen molar-refractivity contribution >= 4 is 39.7 Å². The maximum atomic E-state index is 11.8. The summed E-state index contributed by atoms with van der Waals surface area (Å²) in [6.07, 6.45) is 1.54. The predicted molar refractivity (Wildman–Crippen MR) is 80.7 cm³/mol. The van der Waals surface area contributed by atoms with Crippen molar-refractivity contribution in [3.05, 3.63) is 69.2 Å². The van der Waals surface area contributed by atoms with Crippen LogP contribution in [-0.4, -0.2) is 12.1 Å². The number of amides is 1. The summed E-state index contributed by atoms with van der Waals surface area (Å²) in [4.78, 5) is 11.8. The molecule has 3 nitrogen and oxygen atoms in total. The number of carbonyl (C=O) groups is 1. The SMILES string of the molecule is O=C(NN=Cc1cccc(Cl)c1)c1cccc(Br)c1. The van der Waals surface area contributed by atoms with Gasteiger partial charge in [0, 0.05) is 15.1 Å². The van der Waals surface area contributed by atoms with E-state index in [1.54, 1.807) is 36.5 Å². The van der Waals surface area contributed by atoms with Gasteiger partial charge in [-0.25, -0.2) is 5.43 Å². The molecule has 1 amide bonds. The quantitative estimate of drug-likeness (QED) is 0.670. The van der Waals surface area contributed by atoms with E-state index in [2.05, 4.69) is 26.5 Å². The zero-order valence-corrected chi connectivity index (χ0v) is 12.1. The Hall–Kier alpha value is -1.65. The Balaban J connectivity index is 2.01. The Morgan fingerprint density at radius 2 is 2.00 bits per heavy atom. The Bertz CT molecular complexity index is 628. The number of nitrogens with one attached hydrogen (secondary N) is 1. The van der Waals surface area contributed by atoms with Crippen LogP contribution in [0.4, 0.5) is 0 Å². The van der Waals surface area contributed by atoms with Crippen LogP contribution in [-0.2, 0) is 0 Å². The van der Waals surface area contributed by atoms with Crippen LogP contribution in [0.2, 0.25) is 5.02 Å². The third-order valence-corrected chi connectivity index (χ3v) is 3.04. The van der Waals surface area contributed by atoms with E-state index in [-0.39, 0.29) is 5.91 Å². The van der Waals surface area contributed by atoms with Crippen molar-refractivity contribution < 1.29 is 4.79 Å². The Morgan fingerprint density at radius 1 is 1.21 bits per heavy atom. The number of hydrazone groups is 1. The van der Waals surface area contributed by atoms with E-state index in [9.17, 15) is 4.79 Å². The van der Waals surface area contributed by atoms with E-state index < -0.39 is 0 Å². The molecule has 2 aromatic carbocycles. The van der Waals surface area contributed by atoms with Gasteiger partial charge >= 0.3 is 0 Å². The van der Waals surface area contributed by atoms with Crippen molar-refractivity contribution in [2.75, 3.05) is 0 Å². The van der Waals surface area contributed by atoms with Gasteiger partial charge < -0.3 is 0 Å². The van der Waals surface area contributed by atoms with Crippen LogP contribution in [0.15, 0.2) is 58.1 Å². The molecule has 0 fully saturated rings. The van der Waals surface area contributed by atoms with E-state index in [0.717, 1.165) is 10.0 Å². The first-order valence-electron chi connectivity index (χ1n) is 5.50. The number of hydrogen-bond acceptors (Lipinski definition) is 2. The lowest BCUT2D eigenvalue weighted by molar-refractivity contribution is 0.0955. The highest BCUT2D eigenvalue weighted by Crippen LogP contribution is 2.11. The molecule has 1 N–H and O–H groups in total. The van der Waals surface area contributed by atoms with Crippen molar-refractivity contribution in [3.8, 4) is 0 Å². The van der Waals surface area contributed by atoms with Gasteiger partial charge in [0.2, 0.25) is 0 Å². The number of carbonyl (C=O) groups excluding carboxylic acids is 1. The summed E-state index contributed by atoms with van der Waals surface area (Å²) >= 11 is 9.16. The normalized spacial score (nSPS) is 10.6. The van der Waals surface area contributed by atoms with Crippen molar-refractivity contribution in [2.24, 2.45) is 5.10 Å². The lowest BCUT2D eigenvalue weighted by atomic mass is 10.2. The molecule has 0 aliphatic rings. The molecule has 0 atom stereocenters. The van der Waals surface area contributed by atoms with Crippen molar-refractivity contribution in [1.82, 2.24) is 5.43 Å². The molecule has 0 radical (unpaired) electrons. The van der Waals surface area contributed by atoms with Gasteiger partial charge in [0.25, 0.3) is 5.91 Å². The van der Waals surface area contributed by atoms with E-state index in [4.69, 9.17) is 11.6 Å². The zero-order chi connectivity index (χ0) is 13.7. The highest BCUT2D eigenvalue weighted by atomic mass is 79.9. The van der Waals surface area contributed by atoms with E-state index >= 15 is 0 Å². The van der Waals surface area contributed by atoms with Crippen LogP contribution >= 0.6 is 27.5 Å². The molecule has 19 heavy (non-hydrogen) atoms. The molecule has 0 aliphatic heterocycles. The maximum absolute atomic E-state index is 11.8. The second-order valence-corrected chi connectivity index (χ2v) is 5.12. The molecule has 0 aliphatic carbocycles. The molecule has 2 rings (SSSR count). The van der Waals surface area contributed by atoms with E-state index in [1.165, 1.54) is 0 Å². The van der Waals surface area contributed by atoms with Gasteiger partial charge in [0.15, 0.2) is 0 Å². The van der Waals surface area contributed by atoms with Crippen molar-refractivity contribution in [1.29, 1.82) is 0 Å². The fourth-order valence-electron chi connectivity index (χ4n) is 1.45. The number of hydrogen-bond donors (Lipinski definition) is 1. The molecule has 0 unspecified atom stereocenters. The minimum absolute atomic E-state index is 0.264. The Labute approximate surface area is 124 Å². The summed E-state index contributed by atoms with van der Waals surface area (Å²) in [6.45, 7) is 0. The summed E-state index contributed by atoms with van der Waals surface area (Å²) in [5, 5.41) is 4.52. The average molecular weight is 338 g/mol. The van der Waals surface area contributed by atoms with Crippen LogP contribution in [0.1, 0.15) is 15.9 Å². The molecule has 0 saturated carbocycles. The summed E-state index contributed by atoms with van der Waals surface area (Å²) in [6, 6.07) is 14.3. The van der Waals surface area contributed by atoms with E-state index in [0.29, 0.717) is 10.6 Å². The number of benzene rings is 2. The molecule has 0 aromatic heterocycles. The smallest absolute Gasteiger partial charge is 0.267 e. The standard InChI is InChI=1S/C14H10BrClN2O/c15-12-5-2-4-11(8-12)14(19)18-17-9-10-3-1-6-13(16)7-10/h1-9H,(H,18,19). The molecule has 0 saturated heterocycles. The first-order chi connectivity index (χ1) is 9.15. The van der Waals surface area contributed by atoms with Gasteiger partial charge in [0.1, 0.15) is 0 Å². The van der Waals surface area contributed by atoms with Crippen LogP contribution in [0.25, 0.3) is 0 Å². The molecule has 2 aromatic rings. The van der Waals surface area contributed by atoms with Crippen LogP contribution < -0.4 is 5.43 Å². The molecule has 96 valence electrons. The summed E-state index contributed by atoms with van der Waals surface area (Å²) < 4.78 is 0.846. The third kappa shape index (κ3) is 4.19. The monoisotopic (exact) mass is 336 g/mol. The largest absolute Gasteiger partial charge is 0.271 e.